The average molecular weight is 221 g/mol. The van der Waals surface area contributed by atoms with Crippen molar-refractivity contribution in [2.45, 2.75) is 13.1 Å². The van der Waals surface area contributed by atoms with E-state index in [9.17, 15) is 4.79 Å². The van der Waals surface area contributed by atoms with Crippen LogP contribution in [0, 0.1) is 0 Å². The monoisotopic (exact) mass is 221 g/mol. The summed E-state index contributed by atoms with van der Waals surface area (Å²) >= 11 is 0. The number of furan rings is 2. The standard InChI is InChI=1S/C11H11NO4/c13-11(14)8-4-10(16-7-8)6-12-5-9-2-1-3-15-9/h1-4,7,12H,5-6H2,(H,13,14). The molecule has 0 bridgehead atoms. The summed E-state index contributed by atoms with van der Waals surface area (Å²) in [5.74, 6) is 0.426. The van der Waals surface area contributed by atoms with Gasteiger partial charge in [0.15, 0.2) is 0 Å². The van der Waals surface area contributed by atoms with E-state index in [0.717, 1.165) is 5.76 Å². The summed E-state index contributed by atoms with van der Waals surface area (Å²) < 4.78 is 10.2. The van der Waals surface area contributed by atoms with Gasteiger partial charge in [-0.25, -0.2) is 4.79 Å². The summed E-state index contributed by atoms with van der Waals surface area (Å²) in [5, 5.41) is 11.8. The third kappa shape index (κ3) is 2.52. The van der Waals surface area contributed by atoms with Crippen LogP contribution in [0.1, 0.15) is 21.9 Å². The van der Waals surface area contributed by atoms with E-state index in [1.807, 2.05) is 12.1 Å². The van der Waals surface area contributed by atoms with Crippen molar-refractivity contribution in [3.05, 3.63) is 47.8 Å². The minimum absolute atomic E-state index is 0.162. The Bertz CT molecular complexity index is 458. The largest absolute Gasteiger partial charge is 0.478 e. The number of carboxylic acids is 1. The van der Waals surface area contributed by atoms with Gasteiger partial charge < -0.3 is 19.3 Å². The zero-order valence-corrected chi connectivity index (χ0v) is 8.47. The third-order valence-electron chi connectivity index (χ3n) is 2.08. The molecule has 0 saturated heterocycles. The van der Waals surface area contributed by atoms with Crippen LogP contribution in [-0.4, -0.2) is 11.1 Å². The maximum atomic E-state index is 10.6. The molecule has 0 saturated carbocycles. The molecule has 0 unspecified atom stereocenters. The Morgan fingerprint density at radius 1 is 1.31 bits per heavy atom. The van der Waals surface area contributed by atoms with E-state index in [4.69, 9.17) is 13.9 Å². The van der Waals surface area contributed by atoms with Gasteiger partial charge in [0.2, 0.25) is 0 Å². The van der Waals surface area contributed by atoms with E-state index in [0.29, 0.717) is 18.8 Å². The van der Waals surface area contributed by atoms with Gasteiger partial charge in [-0.2, -0.15) is 0 Å². The maximum Gasteiger partial charge on any atom is 0.338 e. The lowest BCUT2D eigenvalue weighted by Crippen LogP contribution is -2.11. The van der Waals surface area contributed by atoms with E-state index in [-0.39, 0.29) is 5.56 Å². The maximum absolute atomic E-state index is 10.6. The molecule has 2 aromatic rings. The van der Waals surface area contributed by atoms with Gasteiger partial charge in [0.1, 0.15) is 17.8 Å². The third-order valence-corrected chi connectivity index (χ3v) is 2.08. The number of carboxylic acid groups (broad SMARTS) is 1. The SMILES string of the molecule is O=C(O)c1coc(CNCc2ccco2)c1. The molecule has 2 rings (SSSR count). The lowest BCUT2D eigenvalue weighted by Gasteiger charge is -1.98. The second-order valence-electron chi connectivity index (χ2n) is 3.29. The molecule has 5 heteroatoms. The lowest BCUT2D eigenvalue weighted by molar-refractivity contribution is 0.0696. The molecule has 0 spiro atoms. The lowest BCUT2D eigenvalue weighted by atomic mass is 10.3. The highest BCUT2D eigenvalue weighted by molar-refractivity contribution is 5.87. The first-order valence-corrected chi connectivity index (χ1v) is 4.79. The van der Waals surface area contributed by atoms with Gasteiger partial charge in [-0.3, -0.25) is 0 Å². The van der Waals surface area contributed by atoms with Crippen molar-refractivity contribution in [2.24, 2.45) is 0 Å². The van der Waals surface area contributed by atoms with Crippen molar-refractivity contribution in [2.75, 3.05) is 0 Å². The topological polar surface area (TPSA) is 75.6 Å². The van der Waals surface area contributed by atoms with Crippen molar-refractivity contribution in [3.63, 3.8) is 0 Å². The molecule has 0 aliphatic rings. The second-order valence-corrected chi connectivity index (χ2v) is 3.29. The molecule has 0 aliphatic carbocycles. The molecule has 0 radical (unpaired) electrons. The summed E-state index contributed by atoms with van der Waals surface area (Å²) in [6.45, 7) is 1.05. The van der Waals surface area contributed by atoms with Gasteiger partial charge in [0.25, 0.3) is 0 Å². The number of rotatable bonds is 5. The zero-order chi connectivity index (χ0) is 11.4. The quantitative estimate of drug-likeness (QED) is 0.805. The normalized spacial score (nSPS) is 10.5. The second kappa shape index (κ2) is 4.67. The van der Waals surface area contributed by atoms with Gasteiger partial charge >= 0.3 is 5.97 Å². The summed E-state index contributed by atoms with van der Waals surface area (Å²) in [6, 6.07) is 5.17. The molecule has 2 heterocycles. The van der Waals surface area contributed by atoms with Crippen molar-refractivity contribution < 1.29 is 18.7 Å². The fraction of sp³-hybridized carbons (Fsp3) is 0.182. The van der Waals surface area contributed by atoms with Crippen molar-refractivity contribution in [1.29, 1.82) is 0 Å². The van der Waals surface area contributed by atoms with Crippen molar-refractivity contribution >= 4 is 5.97 Å². The summed E-state index contributed by atoms with van der Waals surface area (Å²) in [5.41, 5.74) is 0.162. The Hall–Kier alpha value is -2.01. The van der Waals surface area contributed by atoms with E-state index in [1.54, 1.807) is 6.26 Å². The first kappa shape index (κ1) is 10.5. The predicted octanol–water partition coefficient (Wildman–Crippen LogP) is 1.86. The van der Waals surface area contributed by atoms with Crippen LogP contribution in [0.2, 0.25) is 0 Å². The van der Waals surface area contributed by atoms with E-state index >= 15 is 0 Å². The number of hydrogen-bond donors (Lipinski definition) is 2. The van der Waals surface area contributed by atoms with Crippen LogP contribution in [0.3, 0.4) is 0 Å². The molecular formula is C11H11NO4. The molecule has 0 aliphatic heterocycles. The molecule has 0 fully saturated rings. The molecule has 0 atom stereocenters. The average Bonchev–Trinajstić information content (AvgIpc) is 2.87. The molecule has 5 nitrogen and oxygen atoms in total. The van der Waals surface area contributed by atoms with Crippen LogP contribution in [0.4, 0.5) is 0 Å². The Morgan fingerprint density at radius 2 is 2.12 bits per heavy atom. The Labute approximate surface area is 91.7 Å². The van der Waals surface area contributed by atoms with Crippen LogP contribution < -0.4 is 5.32 Å². The van der Waals surface area contributed by atoms with Crippen LogP contribution >= 0.6 is 0 Å². The van der Waals surface area contributed by atoms with E-state index in [2.05, 4.69) is 5.32 Å². The molecule has 16 heavy (non-hydrogen) atoms. The van der Waals surface area contributed by atoms with E-state index < -0.39 is 5.97 Å². The van der Waals surface area contributed by atoms with Crippen LogP contribution in [-0.2, 0) is 13.1 Å². The molecule has 2 aromatic heterocycles. The van der Waals surface area contributed by atoms with Crippen molar-refractivity contribution in [1.82, 2.24) is 5.32 Å². The highest BCUT2D eigenvalue weighted by atomic mass is 16.4. The first-order valence-electron chi connectivity index (χ1n) is 4.79. The smallest absolute Gasteiger partial charge is 0.338 e. The summed E-state index contributed by atoms with van der Waals surface area (Å²) in [6.07, 6.45) is 2.83. The molecule has 2 N–H and O–H groups in total. The number of aromatic carboxylic acids is 1. The van der Waals surface area contributed by atoms with Gasteiger partial charge in [0.05, 0.1) is 24.9 Å². The number of carbonyl (C=O) groups is 1. The first-order chi connectivity index (χ1) is 7.75. The highest BCUT2D eigenvalue weighted by Crippen LogP contribution is 2.08. The zero-order valence-electron chi connectivity index (χ0n) is 8.47. The van der Waals surface area contributed by atoms with E-state index in [1.165, 1.54) is 12.3 Å². The van der Waals surface area contributed by atoms with Gasteiger partial charge in [0, 0.05) is 0 Å². The van der Waals surface area contributed by atoms with Crippen LogP contribution in [0.15, 0.2) is 39.6 Å². The fourth-order valence-electron chi connectivity index (χ4n) is 1.31. The summed E-state index contributed by atoms with van der Waals surface area (Å²) in [7, 11) is 0. The van der Waals surface area contributed by atoms with Gasteiger partial charge in [-0.15, -0.1) is 0 Å². The minimum atomic E-state index is -0.985. The Balaban J connectivity index is 1.83. The molecular weight excluding hydrogens is 210 g/mol. The number of hydrogen-bond acceptors (Lipinski definition) is 4. The Morgan fingerprint density at radius 3 is 2.75 bits per heavy atom. The summed E-state index contributed by atoms with van der Waals surface area (Å²) in [4.78, 5) is 10.6. The minimum Gasteiger partial charge on any atom is -0.478 e. The fourth-order valence-corrected chi connectivity index (χ4v) is 1.31. The highest BCUT2D eigenvalue weighted by Gasteiger charge is 2.07. The Kier molecular flexibility index (Phi) is 3.07. The van der Waals surface area contributed by atoms with Crippen molar-refractivity contribution in [3.8, 4) is 0 Å². The molecule has 84 valence electrons. The number of nitrogens with one attached hydrogen (secondary N) is 1. The molecule has 0 aromatic carbocycles. The predicted molar refractivity (Wildman–Crippen MR) is 54.9 cm³/mol. The van der Waals surface area contributed by atoms with Gasteiger partial charge in [-0.1, -0.05) is 0 Å². The van der Waals surface area contributed by atoms with Crippen LogP contribution in [0.5, 0.6) is 0 Å². The molecule has 0 amide bonds. The van der Waals surface area contributed by atoms with Gasteiger partial charge in [-0.05, 0) is 18.2 Å². The van der Waals surface area contributed by atoms with Crippen LogP contribution in [0.25, 0.3) is 0 Å².